The van der Waals surface area contributed by atoms with Gasteiger partial charge < -0.3 is 8.83 Å². The van der Waals surface area contributed by atoms with E-state index < -0.39 is 6.85 Å². The number of pyridine rings is 1. The summed E-state index contributed by atoms with van der Waals surface area (Å²) in [6, 6.07) is 20.9. The molecule has 0 aliphatic carbocycles. The molecule has 0 spiro atoms. The summed E-state index contributed by atoms with van der Waals surface area (Å²) >= 11 is 0. The number of nitrogens with zero attached hydrogens (tertiary/aromatic N) is 1. The quantitative estimate of drug-likeness (QED) is 0.324. The van der Waals surface area contributed by atoms with Crippen molar-refractivity contribution < 1.29 is 12.9 Å². The van der Waals surface area contributed by atoms with Gasteiger partial charge in [0.15, 0.2) is 0 Å². The van der Waals surface area contributed by atoms with Gasteiger partial charge in [-0.05, 0) is 42.7 Å². The zero-order chi connectivity index (χ0) is 20.5. The van der Waals surface area contributed by atoms with Crippen LogP contribution in [-0.2, 0) is 0 Å². The third-order valence-electron chi connectivity index (χ3n) is 5.03. The molecule has 128 valence electrons. The summed E-state index contributed by atoms with van der Waals surface area (Å²) in [5.74, 6) is 0. The molecule has 6 rings (SSSR count). The van der Waals surface area contributed by atoms with Gasteiger partial charge in [-0.1, -0.05) is 30.3 Å². The van der Waals surface area contributed by atoms with Crippen molar-refractivity contribution in [2.24, 2.45) is 0 Å². The average Bonchev–Trinajstić information content (AvgIpc) is 3.28. The number of aromatic nitrogens is 1. The maximum Gasteiger partial charge on any atom is 0.144 e. The van der Waals surface area contributed by atoms with Crippen LogP contribution >= 0.6 is 0 Å². The summed E-state index contributed by atoms with van der Waals surface area (Å²) in [4.78, 5) is 4.40. The molecule has 0 N–H and O–H groups in total. The predicted molar refractivity (Wildman–Crippen MR) is 109 cm³/mol. The van der Waals surface area contributed by atoms with Gasteiger partial charge in [0, 0.05) is 43.5 Å². The molecule has 0 atom stereocenters. The molecule has 3 aromatic carbocycles. The number of hydrogen-bond donors (Lipinski definition) is 0. The summed E-state index contributed by atoms with van der Waals surface area (Å²) in [6.45, 7) is -2.19. The molecule has 0 saturated carbocycles. The number of furan rings is 2. The van der Waals surface area contributed by atoms with Crippen LogP contribution in [-0.4, -0.2) is 4.98 Å². The van der Waals surface area contributed by atoms with E-state index in [1.54, 1.807) is 6.07 Å². The van der Waals surface area contributed by atoms with E-state index in [2.05, 4.69) is 11.1 Å². The monoisotopic (exact) mass is 352 g/mol. The Labute approximate surface area is 159 Å². The van der Waals surface area contributed by atoms with Crippen LogP contribution in [0, 0.1) is 6.85 Å². The van der Waals surface area contributed by atoms with E-state index in [4.69, 9.17) is 12.9 Å². The van der Waals surface area contributed by atoms with E-state index in [0.29, 0.717) is 11.3 Å². The Bertz CT molecular complexity index is 1590. The highest BCUT2D eigenvalue weighted by Crippen LogP contribution is 2.39. The Balaban J connectivity index is 1.64. The third kappa shape index (κ3) is 2.05. The summed E-state index contributed by atoms with van der Waals surface area (Å²) in [5.41, 5.74) is 4.60. The lowest BCUT2D eigenvalue weighted by atomic mass is 10.0. The molecular weight excluding hydrogens is 334 g/mol. The van der Waals surface area contributed by atoms with E-state index in [9.17, 15) is 0 Å². The second-order valence-electron chi connectivity index (χ2n) is 6.66. The van der Waals surface area contributed by atoms with Crippen LogP contribution in [0.15, 0.2) is 81.8 Å². The van der Waals surface area contributed by atoms with Crippen molar-refractivity contribution in [1.82, 2.24) is 4.98 Å². The number of fused-ring (bicyclic) bond motifs is 6. The van der Waals surface area contributed by atoms with Crippen molar-refractivity contribution in [1.29, 1.82) is 0 Å². The molecule has 0 aliphatic rings. The zero-order valence-corrected chi connectivity index (χ0v) is 14.2. The van der Waals surface area contributed by atoms with Crippen molar-refractivity contribution in [3.63, 3.8) is 0 Å². The number of rotatable bonds is 1. The van der Waals surface area contributed by atoms with E-state index in [0.717, 1.165) is 43.9 Å². The lowest BCUT2D eigenvalue weighted by Gasteiger charge is -2.02. The summed E-state index contributed by atoms with van der Waals surface area (Å²) in [7, 11) is 0. The molecule has 3 heteroatoms. The number of hydrogen-bond acceptors (Lipinski definition) is 3. The number of para-hydroxylation sites is 2. The molecule has 0 unspecified atom stereocenters. The zero-order valence-electron chi connectivity index (χ0n) is 17.2. The molecule has 0 saturated heterocycles. The Kier molecular flexibility index (Phi) is 2.30. The molecule has 0 bridgehead atoms. The van der Waals surface area contributed by atoms with Gasteiger partial charge in [-0.2, -0.15) is 0 Å². The lowest BCUT2D eigenvalue weighted by Crippen LogP contribution is -1.84. The lowest BCUT2D eigenvalue weighted by molar-refractivity contribution is 0.656. The highest BCUT2D eigenvalue weighted by Gasteiger charge is 2.16. The van der Waals surface area contributed by atoms with Gasteiger partial charge in [0.2, 0.25) is 0 Å². The van der Waals surface area contributed by atoms with E-state index in [-0.39, 0.29) is 5.56 Å². The van der Waals surface area contributed by atoms with Crippen LogP contribution in [0.3, 0.4) is 0 Å². The van der Waals surface area contributed by atoms with Gasteiger partial charge in [-0.25, -0.2) is 0 Å². The van der Waals surface area contributed by atoms with Crippen molar-refractivity contribution >= 4 is 43.9 Å². The minimum absolute atomic E-state index is 0.254. The summed E-state index contributed by atoms with van der Waals surface area (Å²) < 4.78 is 35.3. The Morgan fingerprint density at radius 1 is 0.741 bits per heavy atom. The molecule has 3 heterocycles. The maximum absolute atomic E-state index is 7.69. The molecular formula is C24H15NO2. The summed E-state index contributed by atoms with van der Waals surface area (Å²) in [5, 5.41) is 4.04. The van der Waals surface area contributed by atoms with Crippen LogP contribution in [0.5, 0.6) is 0 Å². The highest BCUT2D eigenvalue weighted by atomic mass is 16.3. The number of aryl methyl sites for hydroxylation is 1. The van der Waals surface area contributed by atoms with Crippen molar-refractivity contribution in [2.75, 3.05) is 0 Å². The van der Waals surface area contributed by atoms with Gasteiger partial charge in [-0.15, -0.1) is 0 Å². The SMILES string of the molecule is [2H]C([2H])([2H])c1ccnc(-c2cccc3c2oc2cc4oc5ccccc5c4cc23)c1. The van der Waals surface area contributed by atoms with Crippen LogP contribution < -0.4 is 0 Å². The fraction of sp³-hybridized carbons (Fsp3) is 0.0417. The number of benzene rings is 3. The molecule has 3 nitrogen and oxygen atoms in total. The van der Waals surface area contributed by atoms with Gasteiger partial charge >= 0.3 is 0 Å². The first kappa shape index (κ1) is 11.9. The van der Waals surface area contributed by atoms with Gasteiger partial charge in [-0.3, -0.25) is 4.98 Å². The molecule has 0 fully saturated rings. The Hall–Kier alpha value is -3.59. The van der Waals surface area contributed by atoms with Gasteiger partial charge in [0.05, 0.1) is 5.69 Å². The van der Waals surface area contributed by atoms with E-state index in [1.165, 1.54) is 12.3 Å². The molecule has 0 aliphatic heterocycles. The topological polar surface area (TPSA) is 39.2 Å². The fourth-order valence-electron chi connectivity index (χ4n) is 3.80. The standard InChI is InChI=1S/C24H15NO2/c1-14-9-10-25-20(11-14)17-7-4-6-16-19-12-18-15-5-2-3-8-21(15)26-22(18)13-23(19)27-24(16)17/h2-13H,1H3/i1D3. The predicted octanol–water partition coefficient (Wildman–Crippen LogP) is 6.86. The van der Waals surface area contributed by atoms with E-state index >= 15 is 0 Å². The van der Waals surface area contributed by atoms with E-state index in [1.807, 2.05) is 48.5 Å². The smallest absolute Gasteiger partial charge is 0.144 e. The van der Waals surface area contributed by atoms with Crippen LogP contribution in [0.2, 0.25) is 0 Å². The average molecular weight is 352 g/mol. The first-order valence-electron chi connectivity index (χ1n) is 10.2. The summed E-state index contributed by atoms with van der Waals surface area (Å²) in [6.07, 6.45) is 1.53. The van der Waals surface area contributed by atoms with Crippen molar-refractivity contribution in [3.8, 4) is 11.3 Å². The maximum atomic E-state index is 7.69. The first-order chi connectivity index (χ1) is 14.5. The van der Waals surface area contributed by atoms with Gasteiger partial charge in [0.25, 0.3) is 0 Å². The molecule has 27 heavy (non-hydrogen) atoms. The van der Waals surface area contributed by atoms with Crippen LogP contribution in [0.1, 0.15) is 9.68 Å². The minimum Gasteiger partial charge on any atom is -0.456 e. The van der Waals surface area contributed by atoms with Crippen LogP contribution in [0.4, 0.5) is 0 Å². The normalized spacial score (nSPS) is 14.0. The second-order valence-corrected chi connectivity index (χ2v) is 6.66. The molecule has 3 aromatic heterocycles. The van der Waals surface area contributed by atoms with Crippen LogP contribution in [0.25, 0.3) is 55.1 Å². The third-order valence-corrected chi connectivity index (χ3v) is 5.03. The Morgan fingerprint density at radius 3 is 2.56 bits per heavy atom. The second kappa shape index (κ2) is 5.21. The van der Waals surface area contributed by atoms with Gasteiger partial charge in [0.1, 0.15) is 22.3 Å². The molecule has 6 aromatic rings. The highest BCUT2D eigenvalue weighted by molar-refractivity contribution is 6.16. The first-order valence-corrected chi connectivity index (χ1v) is 8.72. The Morgan fingerprint density at radius 2 is 1.59 bits per heavy atom. The van der Waals surface area contributed by atoms with Crippen molar-refractivity contribution in [3.05, 3.63) is 78.5 Å². The minimum atomic E-state index is -2.19. The molecule has 0 amide bonds. The van der Waals surface area contributed by atoms with Crippen molar-refractivity contribution in [2.45, 2.75) is 6.85 Å². The largest absolute Gasteiger partial charge is 0.456 e. The molecule has 0 radical (unpaired) electrons. The fourth-order valence-corrected chi connectivity index (χ4v) is 3.80.